The van der Waals surface area contributed by atoms with Crippen LogP contribution in [0.2, 0.25) is 0 Å². The smallest absolute Gasteiger partial charge is 0.317 e. The number of rotatable bonds is 5. The Bertz CT molecular complexity index is 864. The van der Waals surface area contributed by atoms with Crippen molar-refractivity contribution in [3.8, 4) is 0 Å². The predicted octanol–water partition coefficient (Wildman–Crippen LogP) is 2.12. The molecule has 3 rings (SSSR count). The summed E-state index contributed by atoms with van der Waals surface area (Å²) in [6.45, 7) is 3.99. The van der Waals surface area contributed by atoms with E-state index in [4.69, 9.17) is 0 Å². The molecule has 152 valence electrons. The highest BCUT2D eigenvalue weighted by Gasteiger charge is 2.21. The lowest BCUT2D eigenvalue weighted by Crippen LogP contribution is -2.52. The van der Waals surface area contributed by atoms with Crippen LogP contribution >= 0.6 is 0 Å². The number of piperazine rings is 1. The molecule has 29 heavy (non-hydrogen) atoms. The van der Waals surface area contributed by atoms with Crippen LogP contribution in [0.15, 0.2) is 54.6 Å². The number of carbonyl (C=O) groups is 3. The average Bonchev–Trinajstić information content (AvgIpc) is 2.72. The lowest BCUT2D eigenvalue weighted by atomic mass is 10.2. The van der Waals surface area contributed by atoms with E-state index >= 15 is 0 Å². The van der Waals surface area contributed by atoms with Gasteiger partial charge in [-0.15, -0.1) is 0 Å². The highest BCUT2D eigenvalue weighted by Crippen LogP contribution is 2.16. The minimum atomic E-state index is -0.332. The van der Waals surface area contributed by atoms with E-state index in [1.54, 1.807) is 29.2 Å². The van der Waals surface area contributed by atoms with Crippen LogP contribution in [0.25, 0.3) is 0 Å². The summed E-state index contributed by atoms with van der Waals surface area (Å²) in [5, 5.41) is 8.03. The second-order valence-electron chi connectivity index (χ2n) is 6.78. The Morgan fingerprint density at radius 1 is 0.862 bits per heavy atom. The molecule has 0 atom stereocenters. The molecule has 0 spiro atoms. The summed E-state index contributed by atoms with van der Waals surface area (Å²) in [5.41, 5.74) is 2.29. The van der Waals surface area contributed by atoms with Gasteiger partial charge in [-0.05, 0) is 30.3 Å². The Kier molecular flexibility index (Phi) is 6.67. The van der Waals surface area contributed by atoms with Gasteiger partial charge in [0.15, 0.2) is 0 Å². The lowest BCUT2D eigenvalue weighted by Gasteiger charge is -2.36. The first-order valence-electron chi connectivity index (χ1n) is 9.51. The number of nitrogens with one attached hydrogen (secondary N) is 3. The second kappa shape index (κ2) is 9.59. The Labute approximate surface area is 169 Å². The van der Waals surface area contributed by atoms with Crippen molar-refractivity contribution < 1.29 is 14.4 Å². The maximum absolute atomic E-state index is 12.3. The van der Waals surface area contributed by atoms with Crippen LogP contribution in [-0.2, 0) is 9.59 Å². The fourth-order valence-corrected chi connectivity index (χ4v) is 3.16. The zero-order valence-electron chi connectivity index (χ0n) is 16.4. The molecule has 0 aliphatic carbocycles. The molecule has 1 fully saturated rings. The molecular weight excluding hydrogens is 370 g/mol. The van der Waals surface area contributed by atoms with Gasteiger partial charge in [0, 0.05) is 50.2 Å². The first kappa shape index (κ1) is 20.2. The number of urea groups is 1. The van der Waals surface area contributed by atoms with Gasteiger partial charge in [-0.2, -0.15) is 0 Å². The average molecular weight is 395 g/mol. The second-order valence-corrected chi connectivity index (χ2v) is 6.78. The summed E-state index contributed by atoms with van der Waals surface area (Å²) in [6.07, 6.45) is 0. The first-order valence-corrected chi connectivity index (χ1v) is 9.51. The zero-order chi connectivity index (χ0) is 20.6. The highest BCUT2D eigenvalue weighted by atomic mass is 16.2. The number of anilines is 3. The van der Waals surface area contributed by atoms with Gasteiger partial charge >= 0.3 is 6.03 Å². The molecule has 1 heterocycles. The van der Waals surface area contributed by atoms with Crippen molar-refractivity contribution in [2.45, 2.75) is 6.92 Å². The molecule has 8 heteroatoms. The monoisotopic (exact) mass is 395 g/mol. The number of amides is 4. The van der Waals surface area contributed by atoms with Gasteiger partial charge in [0.25, 0.3) is 0 Å². The predicted molar refractivity (Wildman–Crippen MR) is 113 cm³/mol. The normalized spacial score (nSPS) is 13.6. The van der Waals surface area contributed by atoms with Crippen LogP contribution in [0.1, 0.15) is 6.92 Å². The molecule has 0 radical (unpaired) electrons. The Hall–Kier alpha value is -3.55. The van der Waals surface area contributed by atoms with E-state index < -0.39 is 0 Å². The summed E-state index contributed by atoms with van der Waals surface area (Å²) in [7, 11) is 0. The van der Waals surface area contributed by atoms with Crippen molar-refractivity contribution in [1.29, 1.82) is 0 Å². The fourth-order valence-electron chi connectivity index (χ4n) is 3.16. The molecule has 0 unspecified atom stereocenters. The van der Waals surface area contributed by atoms with Crippen molar-refractivity contribution in [3.63, 3.8) is 0 Å². The molecule has 4 amide bonds. The maximum Gasteiger partial charge on any atom is 0.317 e. The molecule has 8 nitrogen and oxygen atoms in total. The summed E-state index contributed by atoms with van der Waals surface area (Å²) in [5.74, 6) is -0.519. The minimum Gasteiger partial charge on any atom is -0.368 e. The molecular formula is C21H25N5O3. The van der Waals surface area contributed by atoms with Crippen LogP contribution in [-0.4, -0.2) is 55.5 Å². The molecule has 0 aromatic heterocycles. The molecule has 1 saturated heterocycles. The Morgan fingerprint density at radius 3 is 2.17 bits per heavy atom. The molecule has 1 aliphatic heterocycles. The summed E-state index contributed by atoms with van der Waals surface area (Å²) >= 11 is 0. The minimum absolute atomic E-state index is 0.123. The van der Waals surface area contributed by atoms with Crippen molar-refractivity contribution in [2.24, 2.45) is 0 Å². The van der Waals surface area contributed by atoms with Crippen LogP contribution in [0.5, 0.6) is 0 Å². The van der Waals surface area contributed by atoms with Crippen molar-refractivity contribution >= 4 is 34.9 Å². The number of carbonyl (C=O) groups excluding carboxylic acids is 3. The number of hydrogen-bond acceptors (Lipinski definition) is 4. The van der Waals surface area contributed by atoms with Crippen molar-refractivity contribution in [1.82, 2.24) is 10.2 Å². The van der Waals surface area contributed by atoms with Gasteiger partial charge in [-0.25, -0.2) is 4.79 Å². The highest BCUT2D eigenvalue weighted by molar-refractivity contribution is 5.95. The SMILES string of the molecule is CC(=O)Nc1cccc(NC(=O)CNC(=O)N2CCN(c3ccccc3)CC2)c1. The standard InChI is InChI=1S/C21H25N5O3/c1-16(27)23-17-6-5-7-18(14-17)24-20(28)15-22-21(29)26-12-10-25(11-13-26)19-8-3-2-4-9-19/h2-9,14H,10-13,15H2,1H3,(H,22,29)(H,23,27)(H,24,28). The van der Waals surface area contributed by atoms with Gasteiger partial charge in [-0.1, -0.05) is 24.3 Å². The largest absolute Gasteiger partial charge is 0.368 e. The van der Waals surface area contributed by atoms with Crippen LogP contribution in [0.3, 0.4) is 0 Å². The molecule has 0 saturated carbocycles. The Balaban J connectivity index is 1.42. The summed E-state index contributed by atoms with van der Waals surface area (Å²) < 4.78 is 0. The fraction of sp³-hybridized carbons (Fsp3) is 0.286. The van der Waals surface area contributed by atoms with E-state index in [0.29, 0.717) is 24.5 Å². The number of hydrogen-bond donors (Lipinski definition) is 3. The van der Waals surface area contributed by atoms with Gasteiger partial charge in [0.1, 0.15) is 0 Å². The molecule has 3 N–H and O–H groups in total. The number of para-hydroxylation sites is 1. The third kappa shape index (κ3) is 5.97. The van der Waals surface area contributed by atoms with Crippen LogP contribution in [0, 0.1) is 0 Å². The zero-order valence-corrected chi connectivity index (χ0v) is 16.4. The van der Waals surface area contributed by atoms with Gasteiger partial charge < -0.3 is 25.8 Å². The molecule has 2 aromatic carbocycles. The number of nitrogens with zero attached hydrogens (tertiary/aromatic N) is 2. The van der Waals surface area contributed by atoms with E-state index in [-0.39, 0.29) is 24.4 Å². The third-order valence-electron chi connectivity index (χ3n) is 4.56. The van der Waals surface area contributed by atoms with Crippen LogP contribution < -0.4 is 20.9 Å². The van der Waals surface area contributed by atoms with E-state index in [2.05, 4.69) is 33.0 Å². The van der Waals surface area contributed by atoms with Crippen molar-refractivity contribution in [2.75, 3.05) is 48.3 Å². The molecule has 0 bridgehead atoms. The van der Waals surface area contributed by atoms with E-state index in [9.17, 15) is 14.4 Å². The summed E-state index contributed by atoms with van der Waals surface area (Å²) in [4.78, 5) is 39.5. The van der Waals surface area contributed by atoms with E-state index in [1.807, 2.05) is 18.2 Å². The Morgan fingerprint density at radius 2 is 1.52 bits per heavy atom. The first-order chi connectivity index (χ1) is 14.0. The van der Waals surface area contributed by atoms with Crippen LogP contribution in [0.4, 0.5) is 21.9 Å². The maximum atomic E-state index is 12.3. The van der Waals surface area contributed by atoms with Gasteiger partial charge in [0.2, 0.25) is 11.8 Å². The van der Waals surface area contributed by atoms with Gasteiger partial charge in [-0.3, -0.25) is 9.59 Å². The van der Waals surface area contributed by atoms with Gasteiger partial charge in [0.05, 0.1) is 6.54 Å². The number of benzene rings is 2. The van der Waals surface area contributed by atoms with Crippen molar-refractivity contribution in [3.05, 3.63) is 54.6 Å². The quantitative estimate of drug-likeness (QED) is 0.723. The van der Waals surface area contributed by atoms with E-state index in [1.165, 1.54) is 6.92 Å². The molecule has 2 aromatic rings. The lowest BCUT2D eigenvalue weighted by molar-refractivity contribution is -0.115. The summed E-state index contributed by atoms with van der Waals surface area (Å²) in [6, 6.07) is 16.7. The molecule has 1 aliphatic rings. The topological polar surface area (TPSA) is 93.8 Å². The third-order valence-corrected chi connectivity index (χ3v) is 4.56. The van der Waals surface area contributed by atoms with E-state index in [0.717, 1.165) is 18.8 Å².